The minimum Gasteiger partial charge on any atom is -0.355 e. The predicted octanol–water partition coefficient (Wildman–Crippen LogP) is 2.06. The number of nitrogens with one attached hydrogen (secondary N) is 1. The normalized spacial score (nSPS) is 30.9. The fraction of sp³-hybridized carbons (Fsp3) is 0.929. The van der Waals surface area contributed by atoms with Gasteiger partial charge in [0.25, 0.3) is 0 Å². The van der Waals surface area contributed by atoms with Gasteiger partial charge in [-0.05, 0) is 62.8 Å². The van der Waals surface area contributed by atoms with Crippen LogP contribution in [0, 0.1) is 17.3 Å². The van der Waals surface area contributed by atoms with Crippen LogP contribution in [-0.2, 0) is 4.79 Å². The summed E-state index contributed by atoms with van der Waals surface area (Å²) >= 11 is 0. The van der Waals surface area contributed by atoms with Crippen LogP contribution in [0.2, 0.25) is 0 Å². The number of hydrogen-bond acceptors (Lipinski definition) is 2. The van der Waals surface area contributed by atoms with Crippen molar-refractivity contribution in [3.63, 3.8) is 0 Å². The van der Waals surface area contributed by atoms with Crippen LogP contribution in [0.4, 0.5) is 0 Å². The maximum absolute atomic E-state index is 12.0. The number of amides is 1. The number of hydrogen-bond donors (Lipinski definition) is 2. The smallest absolute Gasteiger partial charge is 0.223 e. The summed E-state index contributed by atoms with van der Waals surface area (Å²) in [6, 6.07) is 0. The second kappa shape index (κ2) is 5.38. The minimum atomic E-state index is 0.278. The van der Waals surface area contributed by atoms with Crippen molar-refractivity contribution in [1.82, 2.24) is 5.32 Å². The lowest BCUT2D eigenvalue weighted by atomic mass is 9.82. The van der Waals surface area contributed by atoms with Gasteiger partial charge in [0.2, 0.25) is 5.91 Å². The van der Waals surface area contributed by atoms with E-state index in [2.05, 4.69) is 12.2 Å². The van der Waals surface area contributed by atoms with Gasteiger partial charge < -0.3 is 11.1 Å². The zero-order valence-electron chi connectivity index (χ0n) is 11.0. The molecule has 0 saturated heterocycles. The molecule has 0 spiro atoms. The predicted molar refractivity (Wildman–Crippen MR) is 69.5 cm³/mol. The summed E-state index contributed by atoms with van der Waals surface area (Å²) in [5.41, 5.74) is 5.97. The van der Waals surface area contributed by atoms with Crippen molar-refractivity contribution in [3.05, 3.63) is 0 Å². The van der Waals surface area contributed by atoms with Crippen molar-refractivity contribution in [2.24, 2.45) is 23.0 Å². The second-order valence-electron chi connectivity index (χ2n) is 6.21. The lowest BCUT2D eigenvalue weighted by molar-refractivity contribution is -0.126. The van der Waals surface area contributed by atoms with E-state index in [9.17, 15) is 4.79 Å². The Balaban J connectivity index is 1.70. The molecule has 2 aliphatic carbocycles. The third-order valence-electron chi connectivity index (χ3n) is 4.66. The Kier molecular flexibility index (Phi) is 4.08. The lowest BCUT2D eigenvalue weighted by Gasteiger charge is -2.26. The SMILES string of the molecule is CC1CCC(C(=O)NCC2(CCN)CC2)CC1. The van der Waals surface area contributed by atoms with Crippen LogP contribution in [0.15, 0.2) is 0 Å². The van der Waals surface area contributed by atoms with Crippen LogP contribution in [0.25, 0.3) is 0 Å². The maximum Gasteiger partial charge on any atom is 0.223 e. The van der Waals surface area contributed by atoms with E-state index in [4.69, 9.17) is 5.73 Å². The molecule has 3 nitrogen and oxygen atoms in total. The molecule has 17 heavy (non-hydrogen) atoms. The number of carbonyl (C=O) groups excluding carboxylic acids is 1. The monoisotopic (exact) mass is 238 g/mol. The Morgan fingerprint density at radius 2 is 1.94 bits per heavy atom. The van der Waals surface area contributed by atoms with Gasteiger partial charge in [-0.3, -0.25) is 4.79 Å². The van der Waals surface area contributed by atoms with E-state index in [-0.39, 0.29) is 5.92 Å². The van der Waals surface area contributed by atoms with E-state index in [0.29, 0.717) is 11.3 Å². The molecule has 3 N–H and O–H groups in total. The molecule has 2 aliphatic rings. The van der Waals surface area contributed by atoms with Crippen LogP contribution in [-0.4, -0.2) is 19.0 Å². The Labute approximate surface area is 105 Å². The molecule has 0 atom stereocenters. The van der Waals surface area contributed by atoms with E-state index in [1.54, 1.807) is 0 Å². The summed E-state index contributed by atoms with van der Waals surface area (Å²) in [6.45, 7) is 3.89. The Hall–Kier alpha value is -0.570. The fourth-order valence-corrected chi connectivity index (χ4v) is 2.94. The summed E-state index contributed by atoms with van der Waals surface area (Å²) < 4.78 is 0. The van der Waals surface area contributed by atoms with Gasteiger partial charge in [0.15, 0.2) is 0 Å². The Bertz CT molecular complexity index is 265. The van der Waals surface area contributed by atoms with Gasteiger partial charge in [-0.2, -0.15) is 0 Å². The summed E-state index contributed by atoms with van der Waals surface area (Å²) in [5.74, 6) is 1.38. The molecule has 0 unspecified atom stereocenters. The van der Waals surface area contributed by atoms with Crippen molar-refractivity contribution < 1.29 is 4.79 Å². The zero-order chi connectivity index (χ0) is 12.3. The van der Waals surface area contributed by atoms with Crippen LogP contribution in [0.1, 0.15) is 51.9 Å². The maximum atomic E-state index is 12.0. The molecular weight excluding hydrogens is 212 g/mol. The first-order chi connectivity index (χ1) is 8.15. The van der Waals surface area contributed by atoms with Gasteiger partial charge in [0, 0.05) is 12.5 Å². The zero-order valence-corrected chi connectivity index (χ0v) is 11.0. The lowest BCUT2D eigenvalue weighted by Crippen LogP contribution is -2.37. The van der Waals surface area contributed by atoms with Crippen LogP contribution in [0.3, 0.4) is 0 Å². The van der Waals surface area contributed by atoms with E-state index >= 15 is 0 Å². The molecule has 98 valence electrons. The number of nitrogens with two attached hydrogens (primary N) is 1. The molecule has 0 heterocycles. The summed E-state index contributed by atoms with van der Waals surface area (Å²) in [5, 5.41) is 3.16. The Morgan fingerprint density at radius 3 is 2.47 bits per heavy atom. The van der Waals surface area contributed by atoms with Gasteiger partial charge in [-0.15, -0.1) is 0 Å². The van der Waals surface area contributed by atoms with Crippen molar-refractivity contribution >= 4 is 5.91 Å². The van der Waals surface area contributed by atoms with Gasteiger partial charge in [0.1, 0.15) is 0 Å². The number of rotatable bonds is 5. The molecule has 2 rings (SSSR count). The Morgan fingerprint density at radius 1 is 1.29 bits per heavy atom. The third kappa shape index (κ3) is 3.44. The standard InChI is InChI=1S/C14H26N2O/c1-11-2-4-12(5-3-11)13(17)16-10-14(6-7-14)8-9-15/h11-12H,2-10,15H2,1H3,(H,16,17). The molecule has 3 heteroatoms. The van der Waals surface area contributed by atoms with Crippen molar-refractivity contribution in [1.29, 1.82) is 0 Å². The van der Waals surface area contributed by atoms with Gasteiger partial charge in [-0.1, -0.05) is 6.92 Å². The van der Waals surface area contributed by atoms with Gasteiger partial charge in [0.05, 0.1) is 0 Å². The molecular formula is C14H26N2O. The molecule has 0 radical (unpaired) electrons. The van der Waals surface area contributed by atoms with Gasteiger partial charge in [-0.25, -0.2) is 0 Å². The highest BCUT2D eigenvalue weighted by molar-refractivity contribution is 5.78. The van der Waals surface area contributed by atoms with Crippen LogP contribution >= 0.6 is 0 Å². The molecule has 0 aromatic carbocycles. The summed E-state index contributed by atoms with van der Waals surface area (Å²) in [4.78, 5) is 12.0. The van der Waals surface area contributed by atoms with Gasteiger partial charge >= 0.3 is 0 Å². The average Bonchev–Trinajstić information content (AvgIpc) is 3.08. The first kappa shape index (κ1) is 12.9. The fourth-order valence-electron chi connectivity index (χ4n) is 2.94. The summed E-state index contributed by atoms with van der Waals surface area (Å²) in [6.07, 6.45) is 8.14. The minimum absolute atomic E-state index is 0.278. The highest BCUT2D eigenvalue weighted by Gasteiger charge is 2.42. The highest BCUT2D eigenvalue weighted by Crippen LogP contribution is 2.47. The van der Waals surface area contributed by atoms with E-state index in [0.717, 1.165) is 38.3 Å². The molecule has 0 bridgehead atoms. The van der Waals surface area contributed by atoms with Crippen molar-refractivity contribution in [2.45, 2.75) is 51.9 Å². The molecule has 1 amide bonds. The first-order valence-electron chi connectivity index (χ1n) is 7.13. The average molecular weight is 238 g/mol. The second-order valence-corrected chi connectivity index (χ2v) is 6.21. The highest BCUT2D eigenvalue weighted by atomic mass is 16.1. The topological polar surface area (TPSA) is 55.1 Å². The van der Waals surface area contributed by atoms with Crippen LogP contribution < -0.4 is 11.1 Å². The van der Waals surface area contributed by atoms with E-state index in [1.807, 2.05) is 0 Å². The van der Waals surface area contributed by atoms with Crippen molar-refractivity contribution in [3.8, 4) is 0 Å². The largest absolute Gasteiger partial charge is 0.355 e. The summed E-state index contributed by atoms with van der Waals surface area (Å²) in [7, 11) is 0. The quantitative estimate of drug-likeness (QED) is 0.770. The molecule has 2 fully saturated rings. The first-order valence-corrected chi connectivity index (χ1v) is 7.13. The molecule has 2 saturated carbocycles. The van der Waals surface area contributed by atoms with Crippen molar-refractivity contribution in [2.75, 3.05) is 13.1 Å². The molecule has 0 aromatic rings. The molecule has 0 aliphatic heterocycles. The molecule has 0 aromatic heterocycles. The van der Waals surface area contributed by atoms with Crippen LogP contribution in [0.5, 0.6) is 0 Å². The third-order valence-corrected chi connectivity index (χ3v) is 4.66. The van der Waals surface area contributed by atoms with E-state index < -0.39 is 0 Å². The van der Waals surface area contributed by atoms with E-state index in [1.165, 1.54) is 25.7 Å². The number of carbonyl (C=O) groups is 1.